The Bertz CT molecular complexity index is 998. The number of fused-ring (bicyclic) bond motifs is 1. The molecule has 1 fully saturated rings. The number of guanidine groups is 1. The van der Waals surface area contributed by atoms with E-state index in [4.69, 9.17) is 0 Å². The van der Waals surface area contributed by atoms with Crippen LogP contribution in [0.4, 0.5) is 5.69 Å². The first-order valence-electron chi connectivity index (χ1n) is 10.6. The van der Waals surface area contributed by atoms with Crippen molar-refractivity contribution in [1.82, 2.24) is 10.2 Å². The maximum Gasteiger partial charge on any atom is 0.236 e. The Morgan fingerprint density at radius 3 is 2.61 bits per heavy atom. The molecular weight excluding hydrogens is 523 g/mol. The van der Waals surface area contributed by atoms with Crippen molar-refractivity contribution in [3.63, 3.8) is 0 Å². The molecule has 0 spiro atoms. The van der Waals surface area contributed by atoms with Gasteiger partial charge in [-0.05, 0) is 42.4 Å². The summed E-state index contributed by atoms with van der Waals surface area (Å²) in [5, 5.41) is 3.27. The molecule has 31 heavy (non-hydrogen) atoms. The van der Waals surface area contributed by atoms with Crippen molar-refractivity contribution in [2.24, 2.45) is 10.9 Å². The molecule has 8 heteroatoms. The van der Waals surface area contributed by atoms with E-state index in [1.54, 1.807) is 11.4 Å². The van der Waals surface area contributed by atoms with Crippen molar-refractivity contribution in [2.75, 3.05) is 43.3 Å². The largest absolute Gasteiger partial charge is 0.355 e. The zero-order valence-corrected chi connectivity index (χ0v) is 21.1. The Labute approximate surface area is 202 Å². The summed E-state index contributed by atoms with van der Waals surface area (Å²) in [6.45, 7) is 2.78. The van der Waals surface area contributed by atoms with E-state index >= 15 is 0 Å². The van der Waals surface area contributed by atoms with Gasteiger partial charge in [-0.1, -0.05) is 48.5 Å². The van der Waals surface area contributed by atoms with Crippen LogP contribution >= 0.6 is 24.0 Å². The Hall–Kier alpha value is -1.81. The first kappa shape index (κ1) is 23.8. The Morgan fingerprint density at radius 1 is 1.10 bits per heavy atom. The van der Waals surface area contributed by atoms with Gasteiger partial charge >= 0.3 is 0 Å². The number of benzene rings is 2. The third-order valence-corrected chi connectivity index (χ3v) is 7.76. The van der Waals surface area contributed by atoms with Crippen molar-refractivity contribution in [3.05, 3.63) is 65.7 Å². The normalized spacial score (nSPS) is 18.6. The van der Waals surface area contributed by atoms with Gasteiger partial charge in [-0.3, -0.25) is 9.30 Å². The number of anilines is 1. The lowest BCUT2D eigenvalue weighted by molar-refractivity contribution is 0.461. The molecule has 0 radical (unpaired) electrons. The molecule has 0 aliphatic carbocycles. The lowest BCUT2D eigenvalue weighted by atomic mass is 9.99. The van der Waals surface area contributed by atoms with Crippen LogP contribution in [0.25, 0.3) is 0 Å². The fourth-order valence-corrected chi connectivity index (χ4v) is 5.90. The summed E-state index contributed by atoms with van der Waals surface area (Å²) >= 11 is 0. The summed E-state index contributed by atoms with van der Waals surface area (Å²) in [5.74, 6) is 1.44. The average molecular weight is 554 g/mol. The molecule has 2 aromatic rings. The lowest BCUT2D eigenvalue weighted by Crippen LogP contribution is -2.43. The van der Waals surface area contributed by atoms with Crippen molar-refractivity contribution in [3.8, 4) is 0 Å². The molecule has 4 rings (SSSR count). The first-order chi connectivity index (χ1) is 14.6. The zero-order chi connectivity index (χ0) is 21.0. The minimum Gasteiger partial charge on any atom is -0.355 e. The number of hydrogen-bond acceptors (Lipinski definition) is 3. The van der Waals surface area contributed by atoms with Gasteiger partial charge in [0.25, 0.3) is 0 Å². The predicted molar refractivity (Wildman–Crippen MR) is 138 cm³/mol. The number of likely N-dealkylation sites (tertiary alicyclic amines) is 1. The van der Waals surface area contributed by atoms with Gasteiger partial charge in [0.15, 0.2) is 5.96 Å². The van der Waals surface area contributed by atoms with Gasteiger partial charge in [0.05, 0.1) is 11.4 Å². The van der Waals surface area contributed by atoms with Crippen LogP contribution in [0.1, 0.15) is 17.5 Å². The van der Waals surface area contributed by atoms with Gasteiger partial charge < -0.3 is 10.2 Å². The van der Waals surface area contributed by atoms with Crippen LogP contribution < -0.4 is 9.62 Å². The summed E-state index contributed by atoms with van der Waals surface area (Å²) in [5.41, 5.74) is 3.29. The Balaban J connectivity index is 0.00000272. The van der Waals surface area contributed by atoms with Gasteiger partial charge in [-0.25, -0.2) is 8.42 Å². The smallest absolute Gasteiger partial charge is 0.236 e. The highest BCUT2D eigenvalue weighted by Crippen LogP contribution is 2.29. The minimum atomic E-state index is -3.35. The minimum absolute atomic E-state index is 0. The summed E-state index contributed by atoms with van der Waals surface area (Å²) in [6.07, 6.45) is 2.97. The highest BCUT2D eigenvalue weighted by Gasteiger charge is 2.29. The maximum atomic E-state index is 12.9. The second-order valence-corrected chi connectivity index (χ2v) is 10.0. The van der Waals surface area contributed by atoms with E-state index in [1.807, 2.05) is 30.3 Å². The maximum absolute atomic E-state index is 12.9. The molecule has 1 atom stereocenters. The van der Waals surface area contributed by atoms with Gasteiger partial charge in [-0.15, -0.1) is 24.0 Å². The molecule has 2 aliphatic rings. The van der Waals surface area contributed by atoms with Crippen LogP contribution in [0.5, 0.6) is 0 Å². The van der Waals surface area contributed by atoms with Gasteiger partial charge in [0, 0.05) is 33.2 Å². The molecule has 0 bridgehead atoms. The van der Waals surface area contributed by atoms with Crippen molar-refractivity contribution < 1.29 is 8.42 Å². The third-order valence-electron chi connectivity index (χ3n) is 5.99. The molecule has 0 saturated carbocycles. The number of rotatable bonds is 6. The van der Waals surface area contributed by atoms with Gasteiger partial charge in [-0.2, -0.15) is 0 Å². The number of nitrogens with one attached hydrogen (secondary N) is 1. The predicted octanol–water partition coefficient (Wildman–Crippen LogP) is 3.14. The first-order valence-corrected chi connectivity index (χ1v) is 12.3. The average Bonchev–Trinajstić information content (AvgIpc) is 3.39. The Morgan fingerprint density at radius 2 is 1.84 bits per heavy atom. The van der Waals surface area contributed by atoms with Crippen molar-refractivity contribution in [2.45, 2.75) is 19.3 Å². The van der Waals surface area contributed by atoms with E-state index in [1.165, 1.54) is 5.56 Å². The topological polar surface area (TPSA) is 65.0 Å². The Kier molecular flexibility index (Phi) is 8.21. The van der Waals surface area contributed by atoms with Crippen LogP contribution in [-0.2, 0) is 22.9 Å². The molecule has 2 aromatic carbocycles. The molecule has 2 aliphatic heterocycles. The molecule has 1 unspecified atom stereocenters. The highest BCUT2D eigenvalue weighted by molar-refractivity contribution is 14.0. The van der Waals surface area contributed by atoms with Crippen molar-refractivity contribution >= 4 is 45.6 Å². The summed E-state index contributed by atoms with van der Waals surface area (Å²) in [4.78, 5) is 6.63. The van der Waals surface area contributed by atoms with E-state index in [-0.39, 0.29) is 29.7 Å². The number of aliphatic imine (C=N–C) groups is 1. The van der Waals surface area contributed by atoms with Gasteiger partial charge in [0.2, 0.25) is 10.0 Å². The SMILES string of the molecule is CN=C(NCCS(=O)(=O)N1CCc2ccccc21)N1CCC(Cc2ccccc2)C1.I. The fourth-order valence-electron chi connectivity index (χ4n) is 4.47. The number of sulfonamides is 1. The molecular formula is C23H31IN4O2S. The monoisotopic (exact) mass is 554 g/mol. The standard InChI is InChI=1S/C23H30N4O2S.HI/c1-24-23(26-14-11-20(18-26)17-19-7-3-2-4-8-19)25-13-16-30(28,29)27-15-12-21-9-5-6-10-22(21)27;/h2-10,20H,11-18H2,1H3,(H,24,25);1H. The summed E-state index contributed by atoms with van der Waals surface area (Å²) in [7, 11) is -1.59. The molecule has 168 valence electrons. The van der Waals surface area contributed by atoms with E-state index < -0.39 is 10.0 Å². The molecule has 1 saturated heterocycles. The van der Waals surface area contributed by atoms with Crippen LogP contribution in [0, 0.1) is 5.92 Å². The number of para-hydroxylation sites is 1. The van der Waals surface area contributed by atoms with Crippen LogP contribution in [0.2, 0.25) is 0 Å². The van der Waals surface area contributed by atoms with Crippen molar-refractivity contribution in [1.29, 1.82) is 0 Å². The molecule has 6 nitrogen and oxygen atoms in total. The lowest BCUT2D eigenvalue weighted by Gasteiger charge is -2.23. The van der Waals surface area contributed by atoms with Crippen LogP contribution in [0.15, 0.2) is 59.6 Å². The third kappa shape index (κ3) is 5.71. The quantitative estimate of drug-likeness (QED) is 0.339. The van der Waals surface area contributed by atoms with Gasteiger partial charge in [0.1, 0.15) is 0 Å². The zero-order valence-electron chi connectivity index (χ0n) is 17.9. The second-order valence-electron chi connectivity index (χ2n) is 8.03. The van der Waals surface area contributed by atoms with E-state index in [2.05, 4.69) is 39.5 Å². The number of nitrogens with zero attached hydrogens (tertiary/aromatic N) is 3. The van der Waals surface area contributed by atoms with Crippen LogP contribution in [0.3, 0.4) is 0 Å². The van der Waals surface area contributed by atoms with E-state index in [0.29, 0.717) is 19.0 Å². The number of halogens is 1. The molecule has 2 heterocycles. The number of hydrogen-bond donors (Lipinski definition) is 1. The summed E-state index contributed by atoms with van der Waals surface area (Å²) < 4.78 is 27.3. The fraction of sp³-hybridized carbons (Fsp3) is 0.435. The molecule has 0 aromatic heterocycles. The summed E-state index contributed by atoms with van der Waals surface area (Å²) in [6, 6.07) is 18.3. The van der Waals surface area contributed by atoms with E-state index in [0.717, 1.165) is 49.6 Å². The molecule has 1 N–H and O–H groups in total. The van der Waals surface area contributed by atoms with Crippen LogP contribution in [-0.4, -0.2) is 58.3 Å². The second kappa shape index (κ2) is 10.7. The van der Waals surface area contributed by atoms with E-state index in [9.17, 15) is 8.42 Å². The highest BCUT2D eigenvalue weighted by atomic mass is 127. The molecule has 0 amide bonds.